The number of carbonyl (C=O) groups excluding carboxylic acids is 2. The van der Waals surface area contributed by atoms with Crippen molar-refractivity contribution >= 4 is 18.0 Å². The summed E-state index contributed by atoms with van der Waals surface area (Å²) in [5.74, 6) is -0.878. The molecule has 7 nitrogen and oxygen atoms in total. The summed E-state index contributed by atoms with van der Waals surface area (Å²) in [6.45, 7) is 1.08. The van der Waals surface area contributed by atoms with Crippen molar-refractivity contribution in [2.45, 2.75) is 38.0 Å². The highest BCUT2D eigenvalue weighted by Crippen LogP contribution is 2.45. The summed E-state index contributed by atoms with van der Waals surface area (Å²) < 4.78 is 5.56. The first-order chi connectivity index (χ1) is 16.5. The average molecular weight is 463 g/mol. The highest BCUT2D eigenvalue weighted by molar-refractivity contribution is 5.82. The molecule has 0 aromatic heterocycles. The first-order valence-corrected chi connectivity index (χ1v) is 12.0. The Morgan fingerprint density at radius 1 is 0.971 bits per heavy atom. The van der Waals surface area contributed by atoms with Gasteiger partial charge >= 0.3 is 12.1 Å². The number of aliphatic carboxylic acids is 1. The van der Waals surface area contributed by atoms with Crippen LogP contribution in [-0.4, -0.2) is 42.8 Å². The molecule has 0 radical (unpaired) electrons. The number of benzene rings is 2. The Morgan fingerprint density at radius 2 is 1.62 bits per heavy atom. The minimum absolute atomic E-state index is 0.0160. The average Bonchev–Trinajstić information content (AvgIpc) is 3.53. The van der Waals surface area contributed by atoms with Gasteiger partial charge in [-0.05, 0) is 52.8 Å². The van der Waals surface area contributed by atoms with E-state index in [0.29, 0.717) is 13.1 Å². The number of carbonyl (C=O) groups is 3. The molecule has 2 fully saturated rings. The van der Waals surface area contributed by atoms with Crippen molar-refractivity contribution in [1.29, 1.82) is 0 Å². The van der Waals surface area contributed by atoms with E-state index in [4.69, 9.17) is 9.84 Å². The molecule has 2 aromatic rings. The molecule has 0 saturated heterocycles. The molecule has 178 valence electrons. The summed E-state index contributed by atoms with van der Waals surface area (Å²) in [6, 6.07) is 16.4. The molecule has 2 amide bonds. The minimum atomic E-state index is -0.814. The molecule has 0 bridgehead atoms. The van der Waals surface area contributed by atoms with Crippen molar-refractivity contribution in [2.24, 2.45) is 17.3 Å². The van der Waals surface area contributed by atoms with Gasteiger partial charge in [0.15, 0.2) is 0 Å². The van der Waals surface area contributed by atoms with E-state index in [1.54, 1.807) is 0 Å². The molecule has 3 aliphatic rings. The molecular formula is C27H30N2O5. The number of hydrogen-bond donors (Lipinski definition) is 3. The van der Waals surface area contributed by atoms with Gasteiger partial charge in [-0.3, -0.25) is 9.59 Å². The molecule has 0 spiro atoms. The molecule has 2 aromatic carbocycles. The topological polar surface area (TPSA) is 105 Å². The molecule has 0 heterocycles. The number of alkyl carbamates (subject to hydrolysis) is 1. The summed E-state index contributed by atoms with van der Waals surface area (Å²) in [5, 5.41) is 14.9. The number of carboxylic acid groups (broad SMARTS) is 1. The Bertz CT molecular complexity index is 1060. The second-order valence-electron chi connectivity index (χ2n) is 9.95. The SMILES string of the molecule is O=C(O)CC1(CNC(=O)C2CC2CNC(=O)OCC2c3ccccc3-c3ccccc32)CCC1. The van der Waals surface area contributed by atoms with Crippen LogP contribution in [-0.2, 0) is 14.3 Å². The summed E-state index contributed by atoms with van der Waals surface area (Å²) in [4.78, 5) is 35.9. The maximum absolute atomic E-state index is 12.5. The minimum Gasteiger partial charge on any atom is -0.481 e. The Morgan fingerprint density at radius 3 is 2.21 bits per heavy atom. The second kappa shape index (κ2) is 9.12. The first kappa shape index (κ1) is 22.4. The number of ether oxygens (including phenoxy) is 1. The highest BCUT2D eigenvalue weighted by atomic mass is 16.5. The number of carboxylic acids is 1. The van der Waals surface area contributed by atoms with Gasteiger partial charge in [-0.25, -0.2) is 4.79 Å². The highest BCUT2D eigenvalue weighted by Gasteiger charge is 2.45. The zero-order valence-electron chi connectivity index (χ0n) is 19.1. The lowest BCUT2D eigenvalue weighted by Gasteiger charge is -2.40. The van der Waals surface area contributed by atoms with Gasteiger partial charge in [-0.2, -0.15) is 0 Å². The normalized spacial score (nSPS) is 21.5. The van der Waals surface area contributed by atoms with Crippen molar-refractivity contribution in [3.63, 3.8) is 0 Å². The van der Waals surface area contributed by atoms with E-state index >= 15 is 0 Å². The Balaban J connectivity index is 1.06. The van der Waals surface area contributed by atoms with Crippen LogP contribution >= 0.6 is 0 Å². The molecule has 2 atom stereocenters. The van der Waals surface area contributed by atoms with Gasteiger partial charge in [0.1, 0.15) is 6.61 Å². The Hall–Kier alpha value is -3.35. The van der Waals surface area contributed by atoms with Gasteiger partial charge in [-0.1, -0.05) is 55.0 Å². The van der Waals surface area contributed by atoms with E-state index < -0.39 is 12.1 Å². The molecule has 3 aliphatic carbocycles. The van der Waals surface area contributed by atoms with E-state index in [1.807, 2.05) is 24.3 Å². The molecule has 34 heavy (non-hydrogen) atoms. The van der Waals surface area contributed by atoms with E-state index in [0.717, 1.165) is 25.7 Å². The van der Waals surface area contributed by atoms with Crippen molar-refractivity contribution in [3.05, 3.63) is 59.7 Å². The number of amides is 2. The number of fused-ring (bicyclic) bond motifs is 3. The summed E-state index contributed by atoms with van der Waals surface area (Å²) in [7, 11) is 0. The van der Waals surface area contributed by atoms with Crippen molar-refractivity contribution < 1.29 is 24.2 Å². The van der Waals surface area contributed by atoms with Crippen LogP contribution in [0.1, 0.15) is 49.1 Å². The van der Waals surface area contributed by atoms with E-state index in [2.05, 4.69) is 34.9 Å². The van der Waals surface area contributed by atoms with Crippen molar-refractivity contribution in [3.8, 4) is 11.1 Å². The molecular weight excluding hydrogens is 432 g/mol. The van der Waals surface area contributed by atoms with Crippen LogP contribution in [0.3, 0.4) is 0 Å². The lowest BCUT2D eigenvalue weighted by molar-refractivity contribution is -0.142. The third-order valence-electron chi connectivity index (χ3n) is 7.69. The van der Waals surface area contributed by atoms with Crippen LogP contribution in [0.15, 0.2) is 48.5 Å². The zero-order chi connectivity index (χ0) is 23.7. The fraction of sp³-hybridized carbons (Fsp3) is 0.444. The maximum Gasteiger partial charge on any atom is 0.407 e. The molecule has 3 N–H and O–H groups in total. The van der Waals surface area contributed by atoms with E-state index in [1.165, 1.54) is 22.3 Å². The van der Waals surface area contributed by atoms with Gasteiger partial charge in [0.2, 0.25) is 5.91 Å². The molecule has 5 rings (SSSR count). The van der Waals surface area contributed by atoms with Crippen LogP contribution in [0.4, 0.5) is 4.79 Å². The van der Waals surface area contributed by atoms with Crippen LogP contribution in [0, 0.1) is 17.3 Å². The maximum atomic E-state index is 12.5. The summed E-state index contributed by atoms with van der Waals surface area (Å²) in [5.41, 5.74) is 4.42. The molecule has 2 unspecified atom stereocenters. The van der Waals surface area contributed by atoms with Gasteiger partial charge in [0.25, 0.3) is 0 Å². The third kappa shape index (κ3) is 4.52. The van der Waals surface area contributed by atoms with Crippen LogP contribution in [0.25, 0.3) is 11.1 Å². The summed E-state index contributed by atoms with van der Waals surface area (Å²) in [6.07, 6.45) is 3.06. The summed E-state index contributed by atoms with van der Waals surface area (Å²) >= 11 is 0. The molecule has 7 heteroatoms. The first-order valence-electron chi connectivity index (χ1n) is 12.0. The number of nitrogens with one attached hydrogen (secondary N) is 2. The van der Waals surface area contributed by atoms with Gasteiger partial charge in [-0.15, -0.1) is 0 Å². The van der Waals surface area contributed by atoms with Gasteiger partial charge in [0.05, 0.1) is 6.42 Å². The lowest BCUT2D eigenvalue weighted by Crippen LogP contribution is -2.44. The van der Waals surface area contributed by atoms with E-state index in [9.17, 15) is 14.4 Å². The fourth-order valence-electron chi connectivity index (χ4n) is 5.48. The largest absolute Gasteiger partial charge is 0.481 e. The molecule has 0 aliphatic heterocycles. The van der Waals surface area contributed by atoms with Gasteiger partial charge in [0, 0.05) is 24.9 Å². The van der Waals surface area contributed by atoms with Crippen molar-refractivity contribution in [1.82, 2.24) is 10.6 Å². The zero-order valence-corrected chi connectivity index (χ0v) is 19.1. The van der Waals surface area contributed by atoms with Crippen molar-refractivity contribution in [2.75, 3.05) is 19.7 Å². The van der Waals surface area contributed by atoms with Crippen LogP contribution in [0.5, 0.6) is 0 Å². The second-order valence-corrected chi connectivity index (χ2v) is 9.95. The monoisotopic (exact) mass is 462 g/mol. The lowest BCUT2D eigenvalue weighted by atomic mass is 9.66. The predicted molar refractivity (Wildman–Crippen MR) is 126 cm³/mol. The fourth-order valence-corrected chi connectivity index (χ4v) is 5.48. The van der Waals surface area contributed by atoms with Crippen LogP contribution < -0.4 is 10.6 Å². The predicted octanol–water partition coefficient (Wildman–Crippen LogP) is 3.92. The van der Waals surface area contributed by atoms with Crippen LogP contribution in [0.2, 0.25) is 0 Å². The molecule has 2 saturated carbocycles. The number of rotatable bonds is 9. The third-order valence-corrected chi connectivity index (χ3v) is 7.69. The number of hydrogen-bond acceptors (Lipinski definition) is 4. The smallest absolute Gasteiger partial charge is 0.407 e. The van der Waals surface area contributed by atoms with E-state index in [-0.39, 0.29) is 42.1 Å². The standard InChI is InChI=1S/C27H30N2O5/c30-24(31)13-27(10-5-11-27)16-29-25(32)22-12-17(22)14-28-26(33)34-15-23-20-8-3-1-6-18(20)19-7-2-4-9-21(19)23/h1-4,6-9,17,22-23H,5,10-16H2,(H,28,33)(H,29,32)(H,30,31). The van der Waals surface area contributed by atoms with Gasteiger partial charge < -0.3 is 20.5 Å². The Kier molecular flexibility index (Phi) is 6.02. The quantitative estimate of drug-likeness (QED) is 0.524. The Labute approximate surface area is 198 Å².